The van der Waals surface area contributed by atoms with Crippen LogP contribution < -0.4 is 15.4 Å². The number of thioether (sulfide) groups is 1. The Bertz CT molecular complexity index is 1230. The molecule has 8 heteroatoms. The highest BCUT2D eigenvalue weighted by Gasteiger charge is 2.21. The van der Waals surface area contributed by atoms with Gasteiger partial charge in [0.2, 0.25) is 5.91 Å². The number of para-hydroxylation sites is 1. The number of furan rings is 1. The number of benzene rings is 2. The average Bonchev–Trinajstić information content (AvgIpc) is 3.40. The zero-order valence-corrected chi connectivity index (χ0v) is 18.6. The standard InChI is InChI=1S/C23H20N2O4S2/c1-14(26)24-18-10-9-15(12-20(18)28-2)25-23(27)22-17(13-31-21-8-5-11-30-21)16-6-3-4-7-19(16)29-22/h3-12H,13H2,1-2H3,(H,24,26)(H,25,27). The predicted molar refractivity (Wildman–Crippen MR) is 125 cm³/mol. The number of rotatable bonds is 7. The highest BCUT2D eigenvalue weighted by molar-refractivity contribution is 8.00. The van der Waals surface area contributed by atoms with Gasteiger partial charge in [-0.15, -0.1) is 23.1 Å². The molecule has 158 valence electrons. The van der Waals surface area contributed by atoms with E-state index in [9.17, 15) is 9.59 Å². The van der Waals surface area contributed by atoms with Crippen molar-refractivity contribution in [2.24, 2.45) is 0 Å². The topological polar surface area (TPSA) is 80.6 Å². The molecule has 0 unspecified atom stereocenters. The molecule has 4 rings (SSSR count). The molecular formula is C23H20N2O4S2. The summed E-state index contributed by atoms with van der Waals surface area (Å²) in [5.74, 6) is 0.809. The number of hydrogen-bond donors (Lipinski definition) is 2. The van der Waals surface area contributed by atoms with Crippen LogP contribution in [0.25, 0.3) is 11.0 Å². The summed E-state index contributed by atoms with van der Waals surface area (Å²) >= 11 is 3.33. The van der Waals surface area contributed by atoms with Crippen molar-refractivity contribution in [2.75, 3.05) is 17.7 Å². The zero-order valence-electron chi connectivity index (χ0n) is 16.9. The SMILES string of the molecule is COc1cc(NC(=O)c2oc3ccccc3c2CSc2cccs2)ccc1NC(C)=O. The first-order valence-corrected chi connectivity index (χ1v) is 11.4. The van der Waals surface area contributed by atoms with E-state index >= 15 is 0 Å². The lowest BCUT2D eigenvalue weighted by Crippen LogP contribution is -2.13. The molecule has 0 saturated heterocycles. The van der Waals surface area contributed by atoms with Crippen LogP contribution in [-0.4, -0.2) is 18.9 Å². The molecule has 0 aliphatic carbocycles. The van der Waals surface area contributed by atoms with Crippen LogP contribution in [0.1, 0.15) is 23.0 Å². The Morgan fingerprint density at radius 3 is 2.68 bits per heavy atom. The molecule has 0 fully saturated rings. The molecule has 0 saturated carbocycles. The molecule has 0 bridgehead atoms. The molecule has 2 aromatic carbocycles. The van der Waals surface area contributed by atoms with Gasteiger partial charge in [-0.2, -0.15) is 0 Å². The van der Waals surface area contributed by atoms with Gasteiger partial charge in [0.25, 0.3) is 5.91 Å². The van der Waals surface area contributed by atoms with Crippen LogP contribution in [-0.2, 0) is 10.5 Å². The Kier molecular flexibility index (Phi) is 6.29. The minimum absolute atomic E-state index is 0.203. The summed E-state index contributed by atoms with van der Waals surface area (Å²) in [4.78, 5) is 24.5. The van der Waals surface area contributed by atoms with Gasteiger partial charge in [0.1, 0.15) is 11.3 Å². The Morgan fingerprint density at radius 2 is 1.94 bits per heavy atom. The van der Waals surface area contributed by atoms with Crippen molar-refractivity contribution in [3.05, 3.63) is 71.3 Å². The van der Waals surface area contributed by atoms with E-state index in [4.69, 9.17) is 9.15 Å². The number of nitrogens with one attached hydrogen (secondary N) is 2. The molecule has 2 heterocycles. The van der Waals surface area contributed by atoms with Crippen molar-refractivity contribution in [2.45, 2.75) is 16.9 Å². The monoisotopic (exact) mass is 452 g/mol. The van der Waals surface area contributed by atoms with Gasteiger partial charge < -0.3 is 19.8 Å². The quantitative estimate of drug-likeness (QED) is 0.336. The summed E-state index contributed by atoms with van der Waals surface area (Å²) < 4.78 is 12.4. The van der Waals surface area contributed by atoms with Crippen molar-refractivity contribution in [3.63, 3.8) is 0 Å². The molecule has 0 aliphatic heterocycles. The molecule has 0 aliphatic rings. The predicted octanol–water partition coefficient (Wildman–Crippen LogP) is 6.01. The normalized spacial score (nSPS) is 10.8. The van der Waals surface area contributed by atoms with Crippen LogP contribution in [0.4, 0.5) is 11.4 Å². The summed E-state index contributed by atoms with van der Waals surface area (Å²) in [6.45, 7) is 1.42. The fourth-order valence-corrected chi connectivity index (χ4v) is 4.98. The van der Waals surface area contributed by atoms with E-state index in [1.807, 2.05) is 35.7 Å². The Morgan fingerprint density at radius 1 is 1.10 bits per heavy atom. The maximum atomic E-state index is 13.1. The first kappa shape index (κ1) is 21.0. The van der Waals surface area contributed by atoms with Crippen LogP contribution in [0.15, 0.2) is 68.6 Å². The molecule has 0 atom stereocenters. The van der Waals surface area contributed by atoms with E-state index in [-0.39, 0.29) is 17.6 Å². The fraction of sp³-hybridized carbons (Fsp3) is 0.130. The van der Waals surface area contributed by atoms with Gasteiger partial charge in [-0.25, -0.2) is 0 Å². The van der Waals surface area contributed by atoms with E-state index in [1.54, 1.807) is 41.3 Å². The Labute approximate surface area is 187 Å². The van der Waals surface area contributed by atoms with Crippen molar-refractivity contribution in [1.82, 2.24) is 0 Å². The minimum atomic E-state index is -0.340. The van der Waals surface area contributed by atoms with Crippen LogP contribution in [0.5, 0.6) is 5.75 Å². The molecule has 31 heavy (non-hydrogen) atoms. The number of carbonyl (C=O) groups is 2. The van der Waals surface area contributed by atoms with Crippen LogP contribution in [0.3, 0.4) is 0 Å². The molecule has 2 amide bonds. The van der Waals surface area contributed by atoms with Crippen molar-refractivity contribution >= 4 is 57.3 Å². The molecule has 6 nitrogen and oxygen atoms in total. The number of anilines is 2. The number of hydrogen-bond acceptors (Lipinski definition) is 6. The van der Waals surface area contributed by atoms with Gasteiger partial charge in [0.05, 0.1) is 17.0 Å². The van der Waals surface area contributed by atoms with Crippen molar-refractivity contribution < 1.29 is 18.7 Å². The average molecular weight is 453 g/mol. The van der Waals surface area contributed by atoms with Gasteiger partial charge in [-0.05, 0) is 29.6 Å². The summed E-state index contributed by atoms with van der Waals surface area (Å²) in [7, 11) is 1.51. The largest absolute Gasteiger partial charge is 0.494 e. The van der Waals surface area contributed by atoms with Crippen molar-refractivity contribution in [3.8, 4) is 5.75 Å². The molecule has 2 N–H and O–H groups in total. The second-order valence-electron chi connectivity index (χ2n) is 6.68. The lowest BCUT2D eigenvalue weighted by atomic mass is 10.1. The maximum absolute atomic E-state index is 13.1. The summed E-state index contributed by atoms with van der Waals surface area (Å²) in [6.07, 6.45) is 0. The van der Waals surface area contributed by atoms with E-state index in [1.165, 1.54) is 18.2 Å². The third-order valence-corrected chi connectivity index (χ3v) is 6.69. The van der Waals surface area contributed by atoms with Gasteiger partial charge >= 0.3 is 0 Å². The third kappa shape index (κ3) is 4.76. The molecule has 4 aromatic rings. The Hall–Kier alpha value is -3.23. The number of amides is 2. The van der Waals surface area contributed by atoms with Crippen LogP contribution in [0, 0.1) is 0 Å². The molecule has 0 radical (unpaired) electrons. The smallest absolute Gasteiger partial charge is 0.291 e. The van der Waals surface area contributed by atoms with Gasteiger partial charge in [0, 0.05) is 35.4 Å². The van der Waals surface area contributed by atoms with Crippen LogP contribution >= 0.6 is 23.1 Å². The first-order valence-electron chi connectivity index (χ1n) is 9.49. The number of carbonyl (C=O) groups excluding carboxylic acids is 2. The van der Waals surface area contributed by atoms with Gasteiger partial charge in [-0.3, -0.25) is 9.59 Å². The second-order valence-corrected chi connectivity index (χ2v) is 8.90. The zero-order chi connectivity index (χ0) is 21.8. The molecular weight excluding hydrogens is 432 g/mol. The van der Waals surface area contributed by atoms with Gasteiger partial charge in [0.15, 0.2) is 5.76 Å². The van der Waals surface area contributed by atoms with E-state index in [0.717, 1.165) is 10.9 Å². The summed E-state index contributed by atoms with van der Waals surface area (Å²) in [6, 6.07) is 16.7. The summed E-state index contributed by atoms with van der Waals surface area (Å²) in [5.41, 5.74) is 2.60. The number of ether oxygens (including phenoxy) is 1. The second kappa shape index (κ2) is 9.28. The van der Waals surface area contributed by atoms with Crippen LogP contribution in [0.2, 0.25) is 0 Å². The lowest BCUT2D eigenvalue weighted by molar-refractivity contribution is -0.114. The highest BCUT2D eigenvalue weighted by atomic mass is 32.2. The van der Waals surface area contributed by atoms with Crippen molar-refractivity contribution in [1.29, 1.82) is 0 Å². The number of methoxy groups -OCH3 is 1. The number of fused-ring (bicyclic) bond motifs is 1. The van der Waals surface area contributed by atoms with E-state index in [0.29, 0.717) is 28.5 Å². The summed E-state index contributed by atoms with van der Waals surface area (Å²) in [5, 5.41) is 8.53. The number of thiophene rings is 1. The first-order chi connectivity index (χ1) is 15.0. The highest BCUT2D eigenvalue weighted by Crippen LogP contribution is 2.34. The molecule has 0 spiro atoms. The van der Waals surface area contributed by atoms with Gasteiger partial charge in [-0.1, -0.05) is 24.3 Å². The molecule has 2 aromatic heterocycles. The fourth-order valence-electron chi connectivity index (χ4n) is 3.16. The maximum Gasteiger partial charge on any atom is 0.291 e. The lowest BCUT2D eigenvalue weighted by Gasteiger charge is -2.11. The minimum Gasteiger partial charge on any atom is -0.494 e. The van der Waals surface area contributed by atoms with E-state index in [2.05, 4.69) is 16.7 Å². The Balaban J connectivity index is 1.61. The van der Waals surface area contributed by atoms with E-state index < -0.39 is 0 Å². The third-order valence-electron chi connectivity index (χ3n) is 4.53.